The van der Waals surface area contributed by atoms with E-state index in [1.54, 1.807) is 19.1 Å². The van der Waals surface area contributed by atoms with E-state index >= 15 is 0 Å². The van der Waals surface area contributed by atoms with Crippen molar-refractivity contribution < 1.29 is 14.3 Å². The molecular weight excluding hydrogens is 206 g/mol. The molecule has 0 saturated carbocycles. The van der Waals surface area contributed by atoms with Crippen LogP contribution < -0.4 is 10.1 Å². The summed E-state index contributed by atoms with van der Waals surface area (Å²) in [6.45, 7) is 3.07. The van der Waals surface area contributed by atoms with E-state index in [0.717, 1.165) is 17.9 Å². The summed E-state index contributed by atoms with van der Waals surface area (Å²) in [4.78, 5) is 11.5. The largest absolute Gasteiger partial charge is 0.487 e. The van der Waals surface area contributed by atoms with Gasteiger partial charge in [-0.15, -0.1) is 0 Å². The molecule has 1 saturated heterocycles. The minimum Gasteiger partial charge on any atom is -0.487 e. The Labute approximate surface area is 93.5 Å². The zero-order valence-electron chi connectivity index (χ0n) is 9.03. The highest BCUT2D eigenvalue weighted by Crippen LogP contribution is 2.41. The lowest BCUT2D eigenvalue weighted by atomic mass is 9.97. The van der Waals surface area contributed by atoms with Gasteiger partial charge in [-0.2, -0.15) is 0 Å². The molecule has 0 aliphatic carbocycles. The number of carbonyl (C=O) groups excluding carboxylic acids is 1. The molecule has 1 aromatic carbocycles. The Bertz CT molecular complexity index is 444. The maximum absolute atomic E-state index is 11.5. The number of hydrogen-bond donors (Lipinski definition) is 1. The van der Waals surface area contributed by atoms with Crippen LogP contribution in [0.3, 0.4) is 0 Å². The van der Waals surface area contributed by atoms with Gasteiger partial charge in [0.25, 0.3) is 0 Å². The Hall–Kier alpha value is -1.55. The number of esters is 1. The maximum Gasteiger partial charge on any atom is 0.338 e. The lowest BCUT2D eigenvalue weighted by Crippen LogP contribution is -2.49. The van der Waals surface area contributed by atoms with Crippen molar-refractivity contribution in [2.45, 2.75) is 19.1 Å². The molecule has 84 valence electrons. The van der Waals surface area contributed by atoms with Gasteiger partial charge in [-0.25, -0.2) is 4.79 Å². The number of hydrogen-bond acceptors (Lipinski definition) is 4. The van der Waals surface area contributed by atoms with Crippen LogP contribution in [0.15, 0.2) is 18.2 Å². The van der Waals surface area contributed by atoms with Gasteiger partial charge in [0, 0.05) is 12.1 Å². The molecule has 2 aliphatic heterocycles. The Balaban J connectivity index is 1.89. The number of ether oxygens (including phenoxy) is 2. The van der Waals surface area contributed by atoms with Crippen molar-refractivity contribution in [2.24, 2.45) is 0 Å². The number of nitrogens with one attached hydrogen (secondary N) is 1. The summed E-state index contributed by atoms with van der Waals surface area (Å²) in [7, 11) is 0. The molecule has 1 fully saturated rings. The van der Waals surface area contributed by atoms with Crippen LogP contribution in [-0.4, -0.2) is 25.2 Å². The second-order valence-corrected chi connectivity index (χ2v) is 4.02. The molecule has 0 bridgehead atoms. The SMILES string of the molecule is CCOC(=O)c1ccc2c(c1)OC1CNC21. The maximum atomic E-state index is 11.5. The molecular formula is C12H13NO3. The van der Waals surface area contributed by atoms with Crippen molar-refractivity contribution >= 4 is 5.97 Å². The van der Waals surface area contributed by atoms with E-state index in [1.807, 2.05) is 6.07 Å². The normalized spacial score (nSPS) is 25.1. The quantitative estimate of drug-likeness (QED) is 0.761. The van der Waals surface area contributed by atoms with Gasteiger partial charge in [-0.3, -0.25) is 0 Å². The van der Waals surface area contributed by atoms with Crippen molar-refractivity contribution in [2.75, 3.05) is 13.2 Å². The van der Waals surface area contributed by atoms with Crippen LogP contribution in [0.4, 0.5) is 0 Å². The molecule has 2 aliphatic rings. The third-order valence-corrected chi connectivity index (χ3v) is 3.05. The summed E-state index contributed by atoms with van der Waals surface area (Å²) < 4.78 is 10.7. The molecule has 4 nitrogen and oxygen atoms in total. The van der Waals surface area contributed by atoms with E-state index in [-0.39, 0.29) is 12.1 Å². The standard InChI is InChI=1S/C12H13NO3/c1-2-15-12(14)7-3-4-8-9(5-7)16-10-6-13-11(8)10/h3-5,10-11,13H,2,6H2,1H3. The Morgan fingerprint density at radius 3 is 3.19 bits per heavy atom. The molecule has 2 atom stereocenters. The molecule has 2 heterocycles. The Morgan fingerprint density at radius 1 is 1.62 bits per heavy atom. The van der Waals surface area contributed by atoms with E-state index in [1.165, 1.54) is 0 Å². The topological polar surface area (TPSA) is 47.6 Å². The minimum atomic E-state index is -0.291. The smallest absolute Gasteiger partial charge is 0.338 e. The number of fused-ring (bicyclic) bond motifs is 3. The fraction of sp³-hybridized carbons (Fsp3) is 0.417. The van der Waals surface area contributed by atoms with Gasteiger partial charge in [0.15, 0.2) is 0 Å². The summed E-state index contributed by atoms with van der Waals surface area (Å²) in [6, 6.07) is 5.82. The van der Waals surface area contributed by atoms with E-state index in [0.29, 0.717) is 18.2 Å². The molecule has 0 amide bonds. The van der Waals surface area contributed by atoms with Gasteiger partial charge in [-0.05, 0) is 19.1 Å². The van der Waals surface area contributed by atoms with Crippen LogP contribution in [0, 0.1) is 0 Å². The van der Waals surface area contributed by atoms with Crippen molar-refractivity contribution in [1.82, 2.24) is 5.32 Å². The lowest BCUT2D eigenvalue weighted by molar-refractivity contribution is 0.0525. The van der Waals surface area contributed by atoms with Gasteiger partial charge in [0.05, 0.1) is 18.2 Å². The van der Waals surface area contributed by atoms with Crippen LogP contribution in [0.1, 0.15) is 28.9 Å². The highest BCUT2D eigenvalue weighted by Gasteiger charge is 2.41. The van der Waals surface area contributed by atoms with Gasteiger partial charge >= 0.3 is 5.97 Å². The summed E-state index contributed by atoms with van der Waals surface area (Å²) in [5.74, 6) is 0.520. The lowest BCUT2D eigenvalue weighted by Gasteiger charge is -2.30. The first-order chi connectivity index (χ1) is 7.79. The van der Waals surface area contributed by atoms with Crippen molar-refractivity contribution in [3.63, 3.8) is 0 Å². The zero-order chi connectivity index (χ0) is 11.1. The third kappa shape index (κ3) is 1.30. The minimum absolute atomic E-state index is 0.243. The van der Waals surface area contributed by atoms with Crippen LogP contribution in [0.2, 0.25) is 0 Å². The first kappa shape index (κ1) is 9.66. The van der Waals surface area contributed by atoms with E-state index < -0.39 is 0 Å². The molecule has 1 aromatic rings. The Kier molecular flexibility index (Phi) is 2.11. The van der Waals surface area contributed by atoms with Crippen molar-refractivity contribution in [3.05, 3.63) is 29.3 Å². The van der Waals surface area contributed by atoms with Crippen LogP contribution in [-0.2, 0) is 4.74 Å². The van der Waals surface area contributed by atoms with Crippen LogP contribution in [0.25, 0.3) is 0 Å². The first-order valence-corrected chi connectivity index (χ1v) is 5.50. The molecule has 0 radical (unpaired) electrons. The molecule has 1 N–H and O–H groups in total. The van der Waals surface area contributed by atoms with Gasteiger partial charge < -0.3 is 14.8 Å². The molecule has 0 spiro atoms. The molecule has 16 heavy (non-hydrogen) atoms. The van der Waals surface area contributed by atoms with E-state index in [9.17, 15) is 4.79 Å². The molecule has 3 rings (SSSR count). The molecule has 0 aromatic heterocycles. The second kappa shape index (κ2) is 3.49. The number of rotatable bonds is 2. The predicted octanol–water partition coefficient (Wildman–Crippen LogP) is 1.27. The zero-order valence-corrected chi connectivity index (χ0v) is 9.03. The van der Waals surface area contributed by atoms with Crippen molar-refractivity contribution in [3.8, 4) is 5.75 Å². The second-order valence-electron chi connectivity index (χ2n) is 4.02. The van der Waals surface area contributed by atoms with E-state index in [2.05, 4.69) is 5.32 Å². The monoisotopic (exact) mass is 219 g/mol. The summed E-state index contributed by atoms with van der Waals surface area (Å²) >= 11 is 0. The number of carbonyl (C=O) groups is 1. The highest BCUT2D eigenvalue weighted by molar-refractivity contribution is 5.90. The van der Waals surface area contributed by atoms with Crippen molar-refractivity contribution in [1.29, 1.82) is 0 Å². The Morgan fingerprint density at radius 2 is 2.50 bits per heavy atom. The summed E-state index contributed by atoms with van der Waals surface area (Å²) in [5.41, 5.74) is 1.70. The van der Waals surface area contributed by atoms with Crippen LogP contribution in [0.5, 0.6) is 5.75 Å². The van der Waals surface area contributed by atoms with Gasteiger partial charge in [-0.1, -0.05) is 6.07 Å². The highest BCUT2D eigenvalue weighted by atomic mass is 16.5. The summed E-state index contributed by atoms with van der Waals surface area (Å²) in [6.07, 6.45) is 0.243. The summed E-state index contributed by atoms with van der Waals surface area (Å²) in [5, 5.41) is 3.30. The fourth-order valence-corrected chi connectivity index (χ4v) is 2.15. The van der Waals surface area contributed by atoms with E-state index in [4.69, 9.17) is 9.47 Å². The third-order valence-electron chi connectivity index (χ3n) is 3.05. The van der Waals surface area contributed by atoms with Gasteiger partial charge in [0.2, 0.25) is 0 Å². The number of benzene rings is 1. The fourth-order valence-electron chi connectivity index (χ4n) is 2.15. The predicted molar refractivity (Wildman–Crippen MR) is 57.6 cm³/mol. The van der Waals surface area contributed by atoms with Gasteiger partial charge in [0.1, 0.15) is 11.9 Å². The molecule has 4 heteroatoms. The average molecular weight is 219 g/mol. The first-order valence-electron chi connectivity index (χ1n) is 5.50. The molecule has 2 unspecified atom stereocenters. The van der Waals surface area contributed by atoms with Crippen LogP contribution >= 0.6 is 0 Å². The average Bonchev–Trinajstić information content (AvgIpc) is 2.49.